The molecule has 3 aromatic rings. The zero-order valence-electron chi connectivity index (χ0n) is 11.1. The second-order valence-electron chi connectivity index (χ2n) is 4.69. The van der Waals surface area contributed by atoms with E-state index in [0.717, 1.165) is 27.0 Å². The molecule has 3 nitrogen and oxygen atoms in total. The fraction of sp³-hybridized carbons (Fsp3) is 0.200. The number of fused-ring (bicyclic) bond motifs is 1. The van der Waals surface area contributed by atoms with E-state index in [1.165, 1.54) is 5.56 Å². The zero-order chi connectivity index (χ0) is 14.3. The monoisotopic (exact) mass is 349 g/mol. The molecule has 0 N–H and O–H groups in total. The second kappa shape index (κ2) is 5.19. The Morgan fingerprint density at radius 2 is 2.10 bits per heavy atom. The predicted molar refractivity (Wildman–Crippen MR) is 85.6 cm³/mol. The number of nitrogens with zero attached hydrogens (tertiary/aromatic N) is 3. The number of imidazole rings is 1. The average Bonchev–Trinajstić information content (AvgIpc) is 2.81. The average molecular weight is 351 g/mol. The van der Waals surface area contributed by atoms with Crippen molar-refractivity contribution in [2.75, 3.05) is 0 Å². The van der Waals surface area contributed by atoms with Crippen molar-refractivity contribution < 1.29 is 0 Å². The lowest BCUT2D eigenvalue weighted by molar-refractivity contribution is 0.879. The van der Waals surface area contributed by atoms with E-state index in [4.69, 9.17) is 11.6 Å². The molecule has 0 bridgehead atoms. The lowest BCUT2D eigenvalue weighted by atomic mass is 10.2. The molecule has 0 radical (unpaired) electrons. The Morgan fingerprint density at radius 1 is 1.30 bits per heavy atom. The van der Waals surface area contributed by atoms with Crippen LogP contribution in [0.5, 0.6) is 0 Å². The first kappa shape index (κ1) is 13.6. The van der Waals surface area contributed by atoms with Crippen molar-refractivity contribution in [2.24, 2.45) is 0 Å². The van der Waals surface area contributed by atoms with Crippen molar-refractivity contribution in [1.29, 1.82) is 0 Å². The smallest absolute Gasteiger partial charge is 0.132 e. The van der Waals surface area contributed by atoms with Gasteiger partial charge in [0, 0.05) is 10.7 Å². The van der Waals surface area contributed by atoms with Crippen LogP contribution in [0, 0.1) is 6.92 Å². The summed E-state index contributed by atoms with van der Waals surface area (Å²) in [5.74, 6) is 0.820. The van der Waals surface area contributed by atoms with Crippen LogP contribution in [0.4, 0.5) is 0 Å². The van der Waals surface area contributed by atoms with Crippen molar-refractivity contribution in [3.63, 3.8) is 0 Å². The Labute approximate surface area is 130 Å². The maximum absolute atomic E-state index is 6.30. The summed E-state index contributed by atoms with van der Waals surface area (Å²) in [6.07, 6.45) is 3.53. The summed E-state index contributed by atoms with van der Waals surface area (Å²) < 4.78 is 3.14. The molecule has 0 saturated heterocycles. The van der Waals surface area contributed by atoms with E-state index in [9.17, 15) is 0 Å². The molecule has 0 fully saturated rings. The van der Waals surface area contributed by atoms with Crippen LogP contribution < -0.4 is 0 Å². The summed E-state index contributed by atoms with van der Waals surface area (Å²) in [6.45, 7) is 3.99. The van der Waals surface area contributed by atoms with Crippen LogP contribution in [0.3, 0.4) is 0 Å². The minimum atomic E-state index is -0.185. The van der Waals surface area contributed by atoms with Gasteiger partial charge in [0.1, 0.15) is 11.3 Å². The molecule has 0 aliphatic carbocycles. The summed E-state index contributed by atoms with van der Waals surface area (Å²) in [5, 5.41) is -0.185. The van der Waals surface area contributed by atoms with Gasteiger partial charge < -0.3 is 0 Å². The van der Waals surface area contributed by atoms with E-state index < -0.39 is 0 Å². The first-order valence-electron chi connectivity index (χ1n) is 6.31. The van der Waals surface area contributed by atoms with Gasteiger partial charge in [0.2, 0.25) is 0 Å². The molecule has 2 heterocycles. The molecule has 1 aromatic carbocycles. The van der Waals surface area contributed by atoms with Gasteiger partial charge in [-0.05, 0) is 47.5 Å². The van der Waals surface area contributed by atoms with E-state index in [2.05, 4.69) is 49.5 Å². The molecule has 0 aliphatic rings. The first-order valence-corrected chi connectivity index (χ1v) is 7.54. The minimum Gasteiger partial charge on any atom is -0.294 e. The number of hydrogen-bond donors (Lipinski definition) is 0. The molecule has 0 spiro atoms. The minimum absolute atomic E-state index is 0.185. The summed E-state index contributed by atoms with van der Waals surface area (Å²) in [7, 11) is 0. The number of benzene rings is 1. The molecule has 3 rings (SSSR count). The Hall–Kier alpha value is -1.39. The second-order valence-corrected chi connectivity index (χ2v) is 6.14. The first-order chi connectivity index (χ1) is 9.59. The van der Waals surface area contributed by atoms with Crippen molar-refractivity contribution in [1.82, 2.24) is 14.5 Å². The van der Waals surface area contributed by atoms with E-state index in [1.54, 1.807) is 12.4 Å². The van der Waals surface area contributed by atoms with Crippen LogP contribution in [0.1, 0.15) is 23.7 Å². The highest BCUT2D eigenvalue weighted by Crippen LogP contribution is 2.32. The fourth-order valence-electron chi connectivity index (χ4n) is 2.28. The number of aryl methyl sites for hydroxylation is 1. The fourth-order valence-corrected chi connectivity index (χ4v) is 2.86. The Morgan fingerprint density at radius 3 is 2.85 bits per heavy atom. The maximum Gasteiger partial charge on any atom is 0.132 e. The molecule has 20 heavy (non-hydrogen) atoms. The third-order valence-electron chi connectivity index (χ3n) is 3.25. The largest absolute Gasteiger partial charge is 0.294 e. The van der Waals surface area contributed by atoms with Crippen LogP contribution in [0.2, 0.25) is 0 Å². The molecule has 5 heteroatoms. The molecular formula is C15H13BrClN3. The highest BCUT2D eigenvalue weighted by molar-refractivity contribution is 9.10. The van der Waals surface area contributed by atoms with E-state index >= 15 is 0 Å². The number of alkyl halides is 1. The number of halogens is 2. The van der Waals surface area contributed by atoms with Crippen molar-refractivity contribution in [3.05, 3.63) is 52.5 Å². The molecule has 1 atom stereocenters. The third-order valence-corrected chi connectivity index (χ3v) is 4.48. The molecule has 1 unspecified atom stereocenters. The Kier molecular flexibility index (Phi) is 3.52. The lowest BCUT2D eigenvalue weighted by Crippen LogP contribution is -2.03. The summed E-state index contributed by atoms with van der Waals surface area (Å²) in [5.41, 5.74) is 4.07. The zero-order valence-corrected chi connectivity index (χ0v) is 13.5. The van der Waals surface area contributed by atoms with Crippen LogP contribution in [0.25, 0.3) is 16.7 Å². The molecule has 2 aromatic heterocycles. The van der Waals surface area contributed by atoms with Gasteiger partial charge in [0.05, 0.1) is 22.8 Å². The van der Waals surface area contributed by atoms with Gasteiger partial charge in [-0.1, -0.05) is 12.1 Å². The van der Waals surface area contributed by atoms with Crippen LogP contribution in [-0.4, -0.2) is 14.5 Å². The van der Waals surface area contributed by atoms with Gasteiger partial charge in [-0.15, -0.1) is 11.6 Å². The number of rotatable bonds is 2. The van der Waals surface area contributed by atoms with Gasteiger partial charge in [-0.2, -0.15) is 0 Å². The molecule has 0 saturated carbocycles. The highest BCUT2D eigenvalue weighted by Gasteiger charge is 2.18. The SMILES string of the molecule is Cc1cccc(-n2c(C(C)Cl)nc3cnccc32)c1Br. The predicted octanol–water partition coefficient (Wildman–Crippen LogP) is 4.79. The molecule has 0 amide bonds. The highest BCUT2D eigenvalue weighted by atomic mass is 79.9. The standard InChI is InChI=1S/C15H13BrClN3/c1-9-4-3-5-13(14(9)16)20-12-6-7-18-8-11(12)19-15(20)10(2)17/h3-8,10H,1-2H3. The van der Waals surface area contributed by atoms with E-state index in [1.807, 2.05) is 19.1 Å². The van der Waals surface area contributed by atoms with Gasteiger partial charge in [-0.25, -0.2) is 4.98 Å². The van der Waals surface area contributed by atoms with Crippen molar-refractivity contribution >= 4 is 38.6 Å². The van der Waals surface area contributed by atoms with Gasteiger partial charge in [0.25, 0.3) is 0 Å². The Bertz CT molecular complexity index is 780. The normalized spacial score (nSPS) is 12.8. The van der Waals surface area contributed by atoms with Crippen molar-refractivity contribution in [2.45, 2.75) is 19.2 Å². The van der Waals surface area contributed by atoms with Crippen LogP contribution in [-0.2, 0) is 0 Å². The quantitative estimate of drug-likeness (QED) is 0.622. The molecule has 102 valence electrons. The van der Waals surface area contributed by atoms with E-state index in [-0.39, 0.29) is 5.38 Å². The molecular weight excluding hydrogens is 338 g/mol. The number of pyridine rings is 1. The van der Waals surface area contributed by atoms with Gasteiger partial charge in [-0.3, -0.25) is 9.55 Å². The van der Waals surface area contributed by atoms with Crippen LogP contribution in [0.15, 0.2) is 41.1 Å². The Balaban J connectivity index is 2.39. The summed E-state index contributed by atoms with van der Waals surface area (Å²) >= 11 is 9.97. The summed E-state index contributed by atoms with van der Waals surface area (Å²) in [4.78, 5) is 8.74. The number of hydrogen-bond acceptors (Lipinski definition) is 2. The topological polar surface area (TPSA) is 30.7 Å². The van der Waals surface area contributed by atoms with Crippen molar-refractivity contribution in [3.8, 4) is 5.69 Å². The van der Waals surface area contributed by atoms with E-state index in [0.29, 0.717) is 0 Å². The lowest BCUT2D eigenvalue weighted by Gasteiger charge is -2.13. The molecule has 0 aliphatic heterocycles. The maximum atomic E-state index is 6.30. The van der Waals surface area contributed by atoms with Crippen LogP contribution >= 0.6 is 27.5 Å². The number of aromatic nitrogens is 3. The van der Waals surface area contributed by atoms with Gasteiger partial charge >= 0.3 is 0 Å². The van der Waals surface area contributed by atoms with Gasteiger partial charge in [0.15, 0.2) is 0 Å². The third kappa shape index (κ3) is 2.13. The summed E-state index contributed by atoms with van der Waals surface area (Å²) in [6, 6.07) is 8.12.